The van der Waals surface area contributed by atoms with E-state index in [1.54, 1.807) is 30.5 Å². The van der Waals surface area contributed by atoms with E-state index < -0.39 is 0 Å². The molecule has 6 heteroatoms. The van der Waals surface area contributed by atoms with Crippen molar-refractivity contribution in [2.24, 2.45) is 0 Å². The van der Waals surface area contributed by atoms with Gasteiger partial charge in [0.05, 0.1) is 22.5 Å². The van der Waals surface area contributed by atoms with Crippen LogP contribution >= 0.6 is 11.6 Å². The molecule has 138 valence electrons. The van der Waals surface area contributed by atoms with Crippen LogP contribution in [0.5, 0.6) is 5.75 Å². The summed E-state index contributed by atoms with van der Waals surface area (Å²) < 4.78 is 5.74. The molecule has 2 N–H and O–H groups in total. The summed E-state index contributed by atoms with van der Waals surface area (Å²) in [6.07, 6.45) is 1.58. The second-order valence-corrected chi connectivity index (χ2v) is 6.56. The Morgan fingerprint density at radius 2 is 1.74 bits per heavy atom. The van der Waals surface area contributed by atoms with Crippen molar-refractivity contribution in [3.63, 3.8) is 0 Å². The van der Waals surface area contributed by atoms with Crippen molar-refractivity contribution in [3.05, 3.63) is 77.6 Å². The highest BCUT2D eigenvalue weighted by molar-refractivity contribution is 6.33. The molecule has 0 aliphatic heterocycles. The maximum absolute atomic E-state index is 12.6. The van der Waals surface area contributed by atoms with Gasteiger partial charge in [0.15, 0.2) is 0 Å². The number of hydrogen-bond acceptors (Lipinski definition) is 4. The Labute approximate surface area is 163 Å². The van der Waals surface area contributed by atoms with Gasteiger partial charge in [0.2, 0.25) is 0 Å². The van der Waals surface area contributed by atoms with Crippen LogP contribution in [0, 0.1) is 0 Å². The molecule has 0 bridgehead atoms. The van der Waals surface area contributed by atoms with Crippen molar-refractivity contribution in [3.8, 4) is 5.75 Å². The van der Waals surface area contributed by atoms with Gasteiger partial charge in [-0.3, -0.25) is 9.78 Å². The average Bonchev–Trinajstić information content (AvgIpc) is 2.65. The fourth-order valence-electron chi connectivity index (χ4n) is 2.46. The number of benzene rings is 2. The molecule has 5 nitrogen and oxygen atoms in total. The summed E-state index contributed by atoms with van der Waals surface area (Å²) >= 11 is 6.17. The minimum atomic E-state index is -0.322. The first-order chi connectivity index (χ1) is 13.0. The predicted molar refractivity (Wildman–Crippen MR) is 109 cm³/mol. The van der Waals surface area contributed by atoms with Crippen LogP contribution in [-0.2, 0) is 0 Å². The van der Waals surface area contributed by atoms with Crippen LogP contribution in [0.3, 0.4) is 0 Å². The zero-order valence-electron chi connectivity index (χ0n) is 15.1. The first-order valence-corrected chi connectivity index (χ1v) is 8.95. The number of para-hydroxylation sites is 3. The van der Waals surface area contributed by atoms with Crippen LogP contribution < -0.4 is 15.4 Å². The van der Waals surface area contributed by atoms with Crippen molar-refractivity contribution in [1.29, 1.82) is 0 Å². The van der Waals surface area contributed by atoms with Crippen molar-refractivity contribution >= 4 is 34.6 Å². The van der Waals surface area contributed by atoms with Crippen LogP contribution in [0.4, 0.5) is 17.1 Å². The molecule has 27 heavy (non-hydrogen) atoms. The summed E-state index contributed by atoms with van der Waals surface area (Å²) in [4.78, 5) is 16.8. The fraction of sp³-hybridized carbons (Fsp3) is 0.143. The normalized spacial score (nSPS) is 10.5. The van der Waals surface area contributed by atoms with Crippen molar-refractivity contribution in [1.82, 2.24) is 4.98 Å². The molecule has 0 atom stereocenters. The number of halogens is 1. The summed E-state index contributed by atoms with van der Waals surface area (Å²) in [5.41, 5.74) is 2.36. The molecular weight excluding hydrogens is 362 g/mol. The summed E-state index contributed by atoms with van der Waals surface area (Å²) in [6, 6.07) is 18.2. The monoisotopic (exact) mass is 381 g/mol. The lowest BCUT2D eigenvalue weighted by molar-refractivity contribution is 0.102. The highest BCUT2D eigenvalue weighted by Crippen LogP contribution is 2.27. The first kappa shape index (κ1) is 18.7. The van der Waals surface area contributed by atoms with E-state index in [9.17, 15) is 4.79 Å². The van der Waals surface area contributed by atoms with Crippen LogP contribution in [0.25, 0.3) is 0 Å². The van der Waals surface area contributed by atoms with Crippen LogP contribution in [0.15, 0.2) is 66.9 Å². The molecular formula is C21H20ClN3O2. The Hall–Kier alpha value is -3.05. The molecule has 0 unspecified atom stereocenters. The molecule has 3 rings (SSSR count). The number of nitrogens with zero attached hydrogens (tertiary/aromatic N) is 1. The van der Waals surface area contributed by atoms with E-state index in [4.69, 9.17) is 16.3 Å². The van der Waals surface area contributed by atoms with E-state index in [0.29, 0.717) is 16.5 Å². The quantitative estimate of drug-likeness (QED) is 0.590. The first-order valence-electron chi connectivity index (χ1n) is 8.57. The summed E-state index contributed by atoms with van der Waals surface area (Å²) in [7, 11) is 0. The molecule has 1 aromatic heterocycles. The fourth-order valence-corrected chi connectivity index (χ4v) is 2.65. The van der Waals surface area contributed by atoms with Crippen molar-refractivity contribution in [2.45, 2.75) is 20.0 Å². The Kier molecular flexibility index (Phi) is 5.94. The van der Waals surface area contributed by atoms with Crippen LogP contribution in [-0.4, -0.2) is 17.0 Å². The summed E-state index contributed by atoms with van der Waals surface area (Å²) in [6.45, 7) is 3.87. The lowest BCUT2D eigenvalue weighted by Crippen LogP contribution is -2.15. The number of aromatic nitrogens is 1. The second kappa shape index (κ2) is 8.56. The van der Waals surface area contributed by atoms with Crippen LogP contribution in [0.2, 0.25) is 5.02 Å². The molecule has 0 aliphatic carbocycles. The van der Waals surface area contributed by atoms with Crippen LogP contribution in [0.1, 0.15) is 24.3 Å². The van der Waals surface area contributed by atoms with Gasteiger partial charge in [0.25, 0.3) is 5.91 Å². The third-order valence-corrected chi connectivity index (χ3v) is 3.97. The number of amides is 1. The van der Waals surface area contributed by atoms with Gasteiger partial charge >= 0.3 is 0 Å². The second-order valence-electron chi connectivity index (χ2n) is 6.15. The van der Waals surface area contributed by atoms with Gasteiger partial charge in [-0.1, -0.05) is 35.9 Å². The van der Waals surface area contributed by atoms with Gasteiger partial charge in [0.1, 0.15) is 11.4 Å². The zero-order valence-corrected chi connectivity index (χ0v) is 15.8. The number of anilines is 3. The van der Waals surface area contributed by atoms with Gasteiger partial charge in [0, 0.05) is 11.9 Å². The highest BCUT2D eigenvalue weighted by atomic mass is 35.5. The third kappa shape index (κ3) is 4.99. The van der Waals surface area contributed by atoms with Gasteiger partial charge < -0.3 is 15.4 Å². The number of rotatable bonds is 6. The van der Waals surface area contributed by atoms with Gasteiger partial charge in [-0.15, -0.1) is 0 Å². The molecule has 1 heterocycles. The van der Waals surface area contributed by atoms with Gasteiger partial charge in [-0.05, 0) is 50.2 Å². The largest absolute Gasteiger partial charge is 0.489 e. The molecule has 3 aromatic rings. The average molecular weight is 382 g/mol. The lowest BCUT2D eigenvalue weighted by Gasteiger charge is -2.15. The Balaban J connectivity index is 1.77. The molecule has 1 amide bonds. The van der Waals surface area contributed by atoms with Gasteiger partial charge in [-0.25, -0.2) is 0 Å². The van der Waals surface area contributed by atoms with Crippen molar-refractivity contribution < 1.29 is 9.53 Å². The highest BCUT2D eigenvalue weighted by Gasteiger charge is 2.12. The number of carbonyl (C=O) groups excluding carboxylic acids is 1. The lowest BCUT2D eigenvalue weighted by atomic mass is 10.2. The Morgan fingerprint density at radius 1 is 1.04 bits per heavy atom. The number of carbonyl (C=O) groups is 1. The molecule has 0 aliphatic rings. The standard InChI is InChI=1S/C21H20ClN3O2/c1-14(2)27-20-10-6-5-9-18(20)25-21(26)19-13-15(11-12-23-19)24-17-8-4-3-7-16(17)22/h3-14H,1-2H3,(H,23,24)(H,25,26). The number of hydrogen-bond donors (Lipinski definition) is 2. The summed E-state index contributed by atoms with van der Waals surface area (Å²) in [5, 5.41) is 6.64. The molecule has 0 radical (unpaired) electrons. The van der Waals surface area contributed by atoms with Gasteiger partial charge in [-0.2, -0.15) is 0 Å². The van der Waals surface area contributed by atoms with Crippen molar-refractivity contribution in [2.75, 3.05) is 10.6 Å². The third-order valence-electron chi connectivity index (χ3n) is 3.64. The summed E-state index contributed by atoms with van der Waals surface area (Å²) in [5.74, 6) is 0.295. The van der Waals surface area contributed by atoms with E-state index in [-0.39, 0.29) is 17.7 Å². The van der Waals surface area contributed by atoms with E-state index in [2.05, 4.69) is 15.6 Å². The molecule has 0 fully saturated rings. The van der Waals surface area contributed by atoms with E-state index in [1.165, 1.54) is 0 Å². The zero-order chi connectivity index (χ0) is 19.2. The minimum absolute atomic E-state index is 0.00401. The Morgan fingerprint density at radius 3 is 2.48 bits per heavy atom. The SMILES string of the molecule is CC(C)Oc1ccccc1NC(=O)c1cc(Nc2ccccc2Cl)ccn1. The molecule has 2 aromatic carbocycles. The predicted octanol–water partition coefficient (Wildman–Crippen LogP) is 5.52. The maximum Gasteiger partial charge on any atom is 0.274 e. The molecule has 0 saturated heterocycles. The molecule has 0 saturated carbocycles. The topological polar surface area (TPSA) is 63.2 Å². The van der Waals surface area contributed by atoms with E-state index >= 15 is 0 Å². The van der Waals surface area contributed by atoms with E-state index in [0.717, 1.165) is 11.4 Å². The minimum Gasteiger partial charge on any atom is -0.489 e. The maximum atomic E-state index is 12.6. The number of nitrogens with one attached hydrogen (secondary N) is 2. The molecule has 0 spiro atoms. The number of ether oxygens (including phenoxy) is 1. The number of pyridine rings is 1. The van der Waals surface area contributed by atoms with E-state index in [1.807, 2.05) is 50.2 Å². The Bertz CT molecular complexity index is 944. The smallest absolute Gasteiger partial charge is 0.274 e.